The van der Waals surface area contributed by atoms with Crippen LogP contribution >= 0.6 is 0 Å². The number of nitrogens with two attached hydrogens (primary N) is 1. The third-order valence-corrected chi connectivity index (χ3v) is 3.77. The molecule has 0 bridgehead atoms. The molecule has 118 valence electrons. The van der Waals surface area contributed by atoms with Gasteiger partial charge >= 0.3 is 0 Å². The van der Waals surface area contributed by atoms with E-state index < -0.39 is 0 Å². The zero-order chi connectivity index (χ0) is 15.9. The second-order valence-electron chi connectivity index (χ2n) is 5.24. The van der Waals surface area contributed by atoms with Crippen molar-refractivity contribution in [1.82, 2.24) is 5.32 Å². The van der Waals surface area contributed by atoms with Gasteiger partial charge in [0.25, 0.3) is 0 Å². The van der Waals surface area contributed by atoms with Crippen molar-refractivity contribution >= 4 is 5.69 Å². The van der Waals surface area contributed by atoms with Crippen LogP contribution in [0.5, 0.6) is 11.5 Å². The summed E-state index contributed by atoms with van der Waals surface area (Å²) in [5, 5.41) is 3.50. The molecule has 0 heterocycles. The second-order valence-corrected chi connectivity index (χ2v) is 5.24. The van der Waals surface area contributed by atoms with Crippen LogP contribution in [0.1, 0.15) is 24.1 Å². The molecule has 0 saturated heterocycles. The first kappa shape index (κ1) is 16.2. The molecule has 22 heavy (non-hydrogen) atoms. The van der Waals surface area contributed by atoms with E-state index in [9.17, 15) is 0 Å². The molecule has 3 N–H and O–H groups in total. The van der Waals surface area contributed by atoms with Crippen molar-refractivity contribution in [3.8, 4) is 11.5 Å². The van der Waals surface area contributed by atoms with Gasteiger partial charge < -0.3 is 20.5 Å². The zero-order valence-corrected chi connectivity index (χ0v) is 13.4. The Morgan fingerprint density at radius 2 is 1.77 bits per heavy atom. The Kier molecular flexibility index (Phi) is 5.67. The molecular weight excluding hydrogens is 276 g/mol. The highest BCUT2D eigenvalue weighted by molar-refractivity contribution is 5.48. The summed E-state index contributed by atoms with van der Waals surface area (Å²) >= 11 is 0. The number of ether oxygens (including phenoxy) is 2. The predicted octanol–water partition coefficient (Wildman–Crippen LogP) is 3.18. The van der Waals surface area contributed by atoms with Gasteiger partial charge in [0.05, 0.1) is 14.2 Å². The first-order valence-corrected chi connectivity index (χ1v) is 7.44. The van der Waals surface area contributed by atoms with Gasteiger partial charge in [-0.15, -0.1) is 0 Å². The second kappa shape index (κ2) is 7.71. The van der Waals surface area contributed by atoms with Gasteiger partial charge in [-0.3, -0.25) is 0 Å². The minimum Gasteiger partial charge on any atom is -0.493 e. The Bertz CT molecular complexity index is 614. The minimum absolute atomic E-state index is 0.223. The predicted molar refractivity (Wildman–Crippen MR) is 90.5 cm³/mol. The van der Waals surface area contributed by atoms with Crippen molar-refractivity contribution in [3.05, 3.63) is 53.6 Å². The van der Waals surface area contributed by atoms with Crippen LogP contribution in [0.2, 0.25) is 0 Å². The van der Waals surface area contributed by atoms with E-state index in [1.54, 1.807) is 14.2 Å². The normalized spacial score (nSPS) is 12.0. The number of nitrogens with one attached hydrogen (secondary N) is 1. The van der Waals surface area contributed by atoms with E-state index in [-0.39, 0.29) is 6.04 Å². The largest absolute Gasteiger partial charge is 0.493 e. The molecule has 4 heteroatoms. The van der Waals surface area contributed by atoms with Crippen LogP contribution in [0.15, 0.2) is 42.5 Å². The van der Waals surface area contributed by atoms with Crippen molar-refractivity contribution in [3.63, 3.8) is 0 Å². The van der Waals surface area contributed by atoms with Crippen molar-refractivity contribution in [2.24, 2.45) is 0 Å². The summed E-state index contributed by atoms with van der Waals surface area (Å²) in [4.78, 5) is 0. The number of methoxy groups -OCH3 is 2. The molecule has 0 spiro atoms. The van der Waals surface area contributed by atoms with Gasteiger partial charge in [0.2, 0.25) is 0 Å². The van der Waals surface area contributed by atoms with Gasteiger partial charge in [-0.25, -0.2) is 0 Å². The fourth-order valence-electron chi connectivity index (χ4n) is 2.48. The number of rotatable bonds is 7. The lowest BCUT2D eigenvalue weighted by Crippen LogP contribution is -2.22. The molecule has 0 fully saturated rings. The summed E-state index contributed by atoms with van der Waals surface area (Å²) in [7, 11) is 3.30. The van der Waals surface area contributed by atoms with E-state index in [1.807, 2.05) is 30.3 Å². The molecular formula is C18H24N2O2. The highest BCUT2D eigenvalue weighted by Gasteiger charge is 2.08. The van der Waals surface area contributed by atoms with Gasteiger partial charge in [0, 0.05) is 11.7 Å². The molecule has 0 radical (unpaired) electrons. The van der Waals surface area contributed by atoms with Gasteiger partial charge in [0.15, 0.2) is 11.5 Å². The molecule has 4 nitrogen and oxygen atoms in total. The van der Waals surface area contributed by atoms with Crippen molar-refractivity contribution < 1.29 is 9.47 Å². The SMILES string of the molecule is COc1ccc(CCNC(C)c2ccccc2N)cc1OC. The molecule has 0 aliphatic rings. The third kappa shape index (κ3) is 3.92. The van der Waals surface area contributed by atoms with Crippen LogP contribution in [-0.4, -0.2) is 20.8 Å². The number of nitrogen functional groups attached to an aromatic ring is 1. The van der Waals surface area contributed by atoms with Gasteiger partial charge in [-0.2, -0.15) is 0 Å². The van der Waals surface area contributed by atoms with E-state index in [2.05, 4.69) is 24.4 Å². The molecule has 2 aromatic carbocycles. The van der Waals surface area contributed by atoms with E-state index in [1.165, 1.54) is 5.56 Å². The number of hydrogen-bond acceptors (Lipinski definition) is 4. The molecule has 0 aliphatic carbocycles. The van der Waals surface area contributed by atoms with E-state index >= 15 is 0 Å². The van der Waals surface area contributed by atoms with Crippen LogP contribution in [0.3, 0.4) is 0 Å². The average molecular weight is 300 g/mol. The minimum atomic E-state index is 0.223. The fraction of sp³-hybridized carbons (Fsp3) is 0.333. The number of anilines is 1. The maximum atomic E-state index is 6.00. The molecule has 0 aliphatic heterocycles. The maximum Gasteiger partial charge on any atom is 0.160 e. The zero-order valence-electron chi connectivity index (χ0n) is 13.4. The molecule has 1 unspecified atom stereocenters. The summed E-state index contributed by atoms with van der Waals surface area (Å²) < 4.78 is 10.6. The van der Waals surface area contributed by atoms with Crippen LogP contribution in [0.4, 0.5) is 5.69 Å². The summed E-state index contributed by atoms with van der Waals surface area (Å²) in [6, 6.07) is 14.2. The summed E-state index contributed by atoms with van der Waals surface area (Å²) in [5.74, 6) is 1.52. The molecule has 0 amide bonds. The lowest BCUT2D eigenvalue weighted by molar-refractivity contribution is 0.354. The maximum absolute atomic E-state index is 6.00. The van der Waals surface area contributed by atoms with Crippen molar-refractivity contribution in [2.45, 2.75) is 19.4 Å². The summed E-state index contributed by atoms with van der Waals surface area (Å²) in [5.41, 5.74) is 9.17. The molecule has 0 aromatic heterocycles. The Balaban J connectivity index is 1.92. The summed E-state index contributed by atoms with van der Waals surface area (Å²) in [6.45, 7) is 2.99. The smallest absolute Gasteiger partial charge is 0.160 e. The highest BCUT2D eigenvalue weighted by Crippen LogP contribution is 2.27. The van der Waals surface area contributed by atoms with Crippen LogP contribution in [0, 0.1) is 0 Å². The van der Waals surface area contributed by atoms with Crippen molar-refractivity contribution in [1.29, 1.82) is 0 Å². The lowest BCUT2D eigenvalue weighted by Gasteiger charge is -2.16. The third-order valence-electron chi connectivity index (χ3n) is 3.77. The molecule has 1 atom stereocenters. The Morgan fingerprint density at radius 1 is 1.05 bits per heavy atom. The topological polar surface area (TPSA) is 56.5 Å². The number of benzene rings is 2. The standard InChI is InChI=1S/C18H24N2O2/c1-13(15-6-4-5-7-16(15)19)20-11-10-14-8-9-17(21-2)18(12-14)22-3/h4-9,12-13,20H,10-11,19H2,1-3H3. The van der Waals surface area contributed by atoms with Gasteiger partial charge in [-0.1, -0.05) is 24.3 Å². The number of hydrogen-bond donors (Lipinski definition) is 2. The quantitative estimate of drug-likeness (QED) is 0.771. The van der Waals surface area contributed by atoms with E-state index in [0.717, 1.165) is 35.7 Å². The van der Waals surface area contributed by atoms with Crippen LogP contribution < -0.4 is 20.5 Å². The van der Waals surface area contributed by atoms with Gasteiger partial charge in [0.1, 0.15) is 0 Å². The highest BCUT2D eigenvalue weighted by atomic mass is 16.5. The van der Waals surface area contributed by atoms with Crippen LogP contribution in [0.25, 0.3) is 0 Å². The monoisotopic (exact) mass is 300 g/mol. The number of para-hydroxylation sites is 1. The summed E-state index contributed by atoms with van der Waals surface area (Å²) in [6.07, 6.45) is 0.914. The first-order chi connectivity index (χ1) is 10.7. The fourth-order valence-corrected chi connectivity index (χ4v) is 2.48. The molecule has 0 saturated carbocycles. The Morgan fingerprint density at radius 3 is 2.45 bits per heavy atom. The van der Waals surface area contributed by atoms with E-state index in [4.69, 9.17) is 15.2 Å². The lowest BCUT2D eigenvalue weighted by atomic mass is 10.1. The van der Waals surface area contributed by atoms with E-state index in [0.29, 0.717) is 0 Å². The molecule has 2 rings (SSSR count). The Labute approximate surface area is 132 Å². The van der Waals surface area contributed by atoms with Crippen LogP contribution in [-0.2, 0) is 6.42 Å². The Hall–Kier alpha value is -2.20. The first-order valence-electron chi connectivity index (χ1n) is 7.44. The average Bonchev–Trinajstić information content (AvgIpc) is 2.55. The van der Waals surface area contributed by atoms with Crippen molar-refractivity contribution in [2.75, 3.05) is 26.5 Å². The van der Waals surface area contributed by atoms with Gasteiger partial charge in [-0.05, 0) is 49.2 Å². The molecule has 2 aromatic rings.